The fraction of sp³-hybridized carbons (Fsp3) is 1.00. The van der Waals surface area contributed by atoms with Gasteiger partial charge in [-0.3, -0.25) is 0 Å². The average Bonchev–Trinajstić information content (AvgIpc) is 2.62. The zero-order valence-electron chi connectivity index (χ0n) is 14.4. The molecule has 0 spiro atoms. The van der Waals surface area contributed by atoms with Crippen LogP contribution >= 0.6 is 0 Å². The largest absolute Gasteiger partial charge is 0.384 e. The van der Waals surface area contributed by atoms with Crippen molar-refractivity contribution in [3.63, 3.8) is 0 Å². The molecule has 0 radical (unpaired) electrons. The molecule has 3 aliphatic heterocycles. The van der Waals surface area contributed by atoms with Crippen molar-refractivity contribution in [3.05, 3.63) is 0 Å². The van der Waals surface area contributed by atoms with Crippen LogP contribution < -0.4 is 0 Å². The van der Waals surface area contributed by atoms with E-state index in [1.807, 2.05) is 0 Å². The van der Waals surface area contributed by atoms with E-state index in [-0.39, 0.29) is 0 Å². The van der Waals surface area contributed by atoms with Crippen LogP contribution in [0.25, 0.3) is 0 Å². The standard InChI is InChI=1S/C12F21N/c13-1-2(14)3(15,16)6(21,22)7(23,24)8(25,26)9(27,28)10(2,29)34(11(30,31)4(1,17)18)12(32,33)5(1,19)20. The number of hydrogen-bond donors (Lipinski definition) is 0. The third-order valence-electron chi connectivity index (χ3n) is 5.85. The molecule has 1 saturated carbocycles. The van der Waals surface area contributed by atoms with Crippen molar-refractivity contribution in [1.82, 2.24) is 4.90 Å². The molecule has 200 valence electrons. The molecule has 0 amide bonds. The van der Waals surface area contributed by atoms with Gasteiger partial charge in [-0.25, -0.2) is 13.2 Å². The zero-order valence-corrected chi connectivity index (χ0v) is 14.4. The van der Waals surface area contributed by atoms with Crippen molar-refractivity contribution in [2.24, 2.45) is 0 Å². The predicted molar refractivity (Wildman–Crippen MR) is 57.9 cm³/mol. The minimum atomic E-state index is -9.06. The molecule has 2 atom stereocenters. The maximum Gasteiger partial charge on any atom is 0.384 e. The Morgan fingerprint density at radius 3 is 0.853 bits per heavy atom. The first kappa shape index (κ1) is 27.1. The van der Waals surface area contributed by atoms with Crippen LogP contribution in [-0.4, -0.2) is 75.6 Å². The van der Waals surface area contributed by atoms with Crippen LogP contribution in [0.4, 0.5) is 92.2 Å². The Kier molecular flexibility index (Phi) is 4.32. The normalized spacial score (nSPS) is 47.4. The summed E-state index contributed by atoms with van der Waals surface area (Å²) in [7, 11) is 0. The van der Waals surface area contributed by atoms with Crippen molar-refractivity contribution in [2.45, 2.75) is 70.7 Å². The molecule has 0 aromatic rings. The molecule has 4 rings (SSSR count). The molecule has 0 N–H and O–H groups in total. The van der Waals surface area contributed by atoms with Crippen molar-refractivity contribution in [3.8, 4) is 0 Å². The first-order valence-electron chi connectivity index (χ1n) is 7.64. The van der Waals surface area contributed by atoms with Crippen molar-refractivity contribution < 1.29 is 92.2 Å². The Balaban J connectivity index is 2.79. The monoisotopic (exact) mass is 557 g/mol. The molecule has 1 aliphatic carbocycles. The van der Waals surface area contributed by atoms with Crippen molar-refractivity contribution >= 4 is 0 Å². The Bertz CT molecular complexity index is 903. The van der Waals surface area contributed by atoms with Gasteiger partial charge < -0.3 is 0 Å². The summed E-state index contributed by atoms with van der Waals surface area (Å²) in [5, 5.41) is 0. The minimum absolute atomic E-state index is 4.73. The molecule has 4 fully saturated rings. The quantitative estimate of drug-likeness (QED) is 0.260. The second-order valence-corrected chi connectivity index (χ2v) is 7.38. The SMILES string of the molecule is FC1(F)N2C(F)(F)C(F)(F)C(F)(C1(F)F)C1(F)C(F)(F)C(F)(F)C(F)(F)C(F)(F)C(F)(F)C21F. The third-order valence-corrected chi connectivity index (χ3v) is 5.85. The highest BCUT2D eigenvalue weighted by molar-refractivity contribution is 5.45. The van der Waals surface area contributed by atoms with Crippen molar-refractivity contribution in [2.75, 3.05) is 0 Å². The molecule has 0 aromatic heterocycles. The average molecular weight is 557 g/mol. The topological polar surface area (TPSA) is 3.24 Å². The molecule has 2 unspecified atom stereocenters. The molecule has 1 nitrogen and oxygen atoms in total. The van der Waals surface area contributed by atoms with E-state index in [0.717, 1.165) is 0 Å². The maximum absolute atomic E-state index is 15.1. The first-order chi connectivity index (χ1) is 14.4. The van der Waals surface area contributed by atoms with Crippen LogP contribution in [0.15, 0.2) is 0 Å². The lowest BCUT2D eigenvalue weighted by Crippen LogP contribution is -3.03. The van der Waals surface area contributed by atoms with Gasteiger partial charge in [0.2, 0.25) is 0 Å². The highest BCUT2D eigenvalue weighted by Gasteiger charge is 3.17. The summed E-state index contributed by atoms with van der Waals surface area (Å²) in [5.74, 6) is -69.7. The summed E-state index contributed by atoms with van der Waals surface area (Å²) >= 11 is 0. The van der Waals surface area contributed by atoms with Gasteiger partial charge in [0.15, 0.2) is 0 Å². The summed E-state index contributed by atoms with van der Waals surface area (Å²) in [5.41, 5.74) is -18.1. The number of halogens is 21. The number of nitrogens with zero attached hydrogens (tertiary/aromatic N) is 1. The van der Waals surface area contributed by atoms with E-state index < -0.39 is 75.6 Å². The first-order valence-corrected chi connectivity index (χ1v) is 7.64. The number of alkyl halides is 21. The van der Waals surface area contributed by atoms with Gasteiger partial charge in [-0.2, -0.15) is 79.0 Å². The molecule has 0 aromatic carbocycles. The Morgan fingerprint density at radius 1 is 0.265 bits per heavy atom. The summed E-state index contributed by atoms with van der Waals surface area (Å²) in [6, 6.07) is -16.3. The number of hydrogen-bond acceptors (Lipinski definition) is 1. The Hall–Kier alpha value is -1.51. The van der Waals surface area contributed by atoms with E-state index in [1.54, 1.807) is 0 Å². The Morgan fingerprint density at radius 2 is 0.529 bits per heavy atom. The van der Waals surface area contributed by atoms with Gasteiger partial charge in [-0.15, -0.1) is 4.90 Å². The van der Waals surface area contributed by atoms with Crippen LogP contribution in [0, 0.1) is 0 Å². The summed E-state index contributed by atoms with van der Waals surface area (Å²) < 4.78 is 294. The number of piperidine rings is 3. The van der Waals surface area contributed by atoms with E-state index in [4.69, 9.17) is 0 Å². The van der Waals surface area contributed by atoms with Crippen LogP contribution in [0.1, 0.15) is 0 Å². The van der Waals surface area contributed by atoms with Gasteiger partial charge in [0.25, 0.3) is 17.1 Å². The minimum Gasteiger partial charge on any atom is -0.227 e. The molecule has 2 bridgehead atoms. The summed E-state index contributed by atoms with van der Waals surface area (Å²) in [6.45, 7) is 0. The highest BCUT2D eigenvalue weighted by atomic mass is 19.4. The molecule has 34 heavy (non-hydrogen) atoms. The van der Waals surface area contributed by atoms with E-state index in [2.05, 4.69) is 0 Å². The Labute approximate surface area is 169 Å². The maximum atomic E-state index is 15.1. The second-order valence-electron chi connectivity index (χ2n) is 7.38. The van der Waals surface area contributed by atoms with Crippen LogP contribution in [0.3, 0.4) is 0 Å². The summed E-state index contributed by atoms with van der Waals surface area (Å²) in [6.07, 6.45) is 0. The van der Waals surface area contributed by atoms with Gasteiger partial charge in [0.1, 0.15) is 0 Å². The lowest BCUT2D eigenvalue weighted by atomic mass is 9.57. The van der Waals surface area contributed by atoms with Crippen molar-refractivity contribution in [1.29, 1.82) is 0 Å². The van der Waals surface area contributed by atoms with Crippen LogP contribution in [-0.2, 0) is 0 Å². The fourth-order valence-corrected chi connectivity index (χ4v) is 4.07. The smallest absolute Gasteiger partial charge is 0.227 e. The molecular weight excluding hydrogens is 557 g/mol. The fourth-order valence-electron chi connectivity index (χ4n) is 4.07. The number of fused-ring (bicyclic) bond motifs is 2. The molecule has 3 saturated heterocycles. The second kappa shape index (κ2) is 5.42. The zero-order chi connectivity index (χ0) is 27.6. The van der Waals surface area contributed by atoms with Gasteiger partial charge in [0, 0.05) is 0 Å². The summed E-state index contributed by atoms with van der Waals surface area (Å²) in [4.78, 5) is -4.73. The molecule has 3 heterocycles. The van der Waals surface area contributed by atoms with Crippen LogP contribution in [0.2, 0.25) is 0 Å². The molecular formula is C12F21N. The van der Waals surface area contributed by atoms with Gasteiger partial charge in [-0.05, 0) is 0 Å². The number of rotatable bonds is 0. The van der Waals surface area contributed by atoms with E-state index in [9.17, 15) is 83.4 Å². The van der Waals surface area contributed by atoms with E-state index in [1.165, 1.54) is 0 Å². The van der Waals surface area contributed by atoms with E-state index in [0.29, 0.717) is 0 Å². The van der Waals surface area contributed by atoms with Gasteiger partial charge in [0.05, 0.1) is 0 Å². The molecule has 22 heteroatoms. The van der Waals surface area contributed by atoms with Crippen LogP contribution in [0.5, 0.6) is 0 Å². The highest BCUT2D eigenvalue weighted by Crippen LogP contribution is 2.84. The van der Waals surface area contributed by atoms with E-state index >= 15 is 8.78 Å². The lowest BCUT2D eigenvalue weighted by molar-refractivity contribution is -0.600. The van der Waals surface area contributed by atoms with Gasteiger partial charge >= 0.3 is 53.6 Å². The molecule has 4 aliphatic rings. The third kappa shape index (κ3) is 1.71. The van der Waals surface area contributed by atoms with Gasteiger partial charge in [-0.1, -0.05) is 0 Å². The predicted octanol–water partition coefficient (Wildman–Crippen LogP) is 6.04. The lowest BCUT2D eigenvalue weighted by Gasteiger charge is -2.69.